The third-order valence-corrected chi connectivity index (χ3v) is 2.27. The van der Waals surface area contributed by atoms with Crippen molar-refractivity contribution in [3.05, 3.63) is 47.6 Å². The fraction of sp³-hybridized carbons (Fsp3) is 0.357. The summed E-state index contributed by atoms with van der Waals surface area (Å²) in [5, 5.41) is 0. The summed E-state index contributed by atoms with van der Waals surface area (Å²) in [4.78, 5) is 11.4. The lowest BCUT2D eigenvalue weighted by Crippen LogP contribution is -1.89. The van der Waals surface area contributed by atoms with Gasteiger partial charge in [-0.25, -0.2) is 0 Å². The van der Waals surface area contributed by atoms with Crippen LogP contribution in [0.15, 0.2) is 47.6 Å². The van der Waals surface area contributed by atoms with Crippen molar-refractivity contribution in [2.24, 2.45) is 0 Å². The van der Waals surface area contributed by atoms with Crippen LogP contribution in [0.3, 0.4) is 0 Å². The highest BCUT2D eigenvalue weighted by atomic mass is 16.1. The second kappa shape index (κ2) is 6.18. The van der Waals surface area contributed by atoms with Crippen LogP contribution >= 0.6 is 0 Å². The van der Waals surface area contributed by atoms with Gasteiger partial charge < -0.3 is 0 Å². The Morgan fingerprint density at radius 2 is 2.13 bits per heavy atom. The molecule has 0 fully saturated rings. The molecule has 1 rings (SSSR count). The van der Waals surface area contributed by atoms with Crippen LogP contribution in [0, 0.1) is 0 Å². The normalized spacial score (nSPS) is 19.7. The van der Waals surface area contributed by atoms with Gasteiger partial charge in [0.1, 0.15) is 0 Å². The summed E-state index contributed by atoms with van der Waals surface area (Å²) in [6.07, 6.45) is 14.8. The molecule has 1 aliphatic carbocycles. The van der Waals surface area contributed by atoms with Crippen LogP contribution in [0.25, 0.3) is 0 Å². The van der Waals surface area contributed by atoms with Gasteiger partial charge in [-0.05, 0) is 32.3 Å². The maximum atomic E-state index is 11.4. The smallest absolute Gasteiger partial charge is 0.182 e. The van der Waals surface area contributed by atoms with Crippen LogP contribution in [0.5, 0.6) is 0 Å². The van der Waals surface area contributed by atoms with E-state index in [1.54, 1.807) is 6.08 Å². The average Bonchev–Trinajstić information content (AvgIpc) is 2.51. The predicted octanol–water partition coefficient (Wildman–Crippen LogP) is 3.74. The number of rotatable bonds is 4. The molecule has 0 bridgehead atoms. The Morgan fingerprint density at radius 1 is 1.33 bits per heavy atom. The first-order chi connectivity index (χ1) is 7.24. The van der Waals surface area contributed by atoms with Gasteiger partial charge in [-0.15, -0.1) is 0 Å². The van der Waals surface area contributed by atoms with Gasteiger partial charge in [-0.1, -0.05) is 42.9 Å². The molecule has 1 nitrogen and oxygen atoms in total. The summed E-state index contributed by atoms with van der Waals surface area (Å²) < 4.78 is 0. The zero-order valence-corrected chi connectivity index (χ0v) is 9.49. The van der Waals surface area contributed by atoms with E-state index < -0.39 is 0 Å². The molecule has 0 unspecified atom stereocenters. The van der Waals surface area contributed by atoms with Gasteiger partial charge in [0.05, 0.1) is 0 Å². The molecule has 0 N–H and O–H groups in total. The van der Waals surface area contributed by atoms with Gasteiger partial charge in [0.25, 0.3) is 0 Å². The summed E-state index contributed by atoms with van der Waals surface area (Å²) in [5.74, 6) is 0.168. The zero-order chi connectivity index (χ0) is 11.1. The molecule has 0 atom stereocenters. The maximum Gasteiger partial charge on any atom is 0.182 e. The Hall–Kier alpha value is -1.37. The van der Waals surface area contributed by atoms with E-state index in [-0.39, 0.29) is 5.78 Å². The minimum absolute atomic E-state index is 0.168. The molecular weight excluding hydrogens is 184 g/mol. The van der Waals surface area contributed by atoms with Gasteiger partial charge in [-0.3, -0.25) is 4.79 Å². The largest absolute Gasteiger partial charge is 0.290 e. The average molecular weight is 202 g/mol. The second-order valence-corrected chi connectivity index (χ2v) is 3.77. The van der Waals surface area contributed by atoms with E-state index in [0.717, 1.165) is 30.4 Å². The van der Waals surface area contributed by atoms with E-state index in [1.165, 1.54) is 0 Å². The van der Waals surface area contributed by atoms with Gasteiger partial charge in [0.15, 0.2) is 5.78 Å². The molecular formula is C14H18O. The highest BCUT2D eigenvalue weighted by Crippen LogP contribution is 2.20. The Morgan fingerprint density at radius 3 is 2.73 bits per heavy atom. The molecule has 80 valence electrons. The van der Waals surface area contributed by atoms with Crippen molar-refractivity contribution < 1.29 is 4.79 Å². The molecule has 0 saturated heterocycles. The molecule has 1 aliphatic rings. The standard InChI is InChI=1S/C14H18O/c1-3-4-5-6-7-8-9-13-10-12(2)11-14(13)15/h4-5,7-9,11H,3,6,10H2,1-2H3/b5-4-,8-7?,13-9+. The first-order valence-electron chi connectivity index (χ1n) is 5.46. The first kappa shape index (κ1) is 11.7. The van der Waals surface area contributed by atoms with Crippen LogP contribution in [0.4, 0.5) is 0 Å². The SMILES string of the molecule is CC/C=C\CC=C/C=C1\CC(C)=CC1=O. The fourth-order valence-corrected chi connectivity index (χ4v) is 1.50. The molecule has 0 aromatic carbocycles. The lowest BCUT2D eigenvalue weighted by atomic mass is 10.1. The van der Waals surface area contributed by atoms with E-state index in [9.17, 15) is 4.79 Å². The van der Waals surface area contributed by atoms with Crippen LogP contribution < -0.4 is 0 Å². The lowest BCUT2D eigenvalue weighted by Gasteiger charge is -1.91. The second-order valence-electron chi connectivity index (χ2n) is 3.77. The summed E-state index contributed by atoms with van der Waals surface area (Å²) in [7, 11) is 0. The Labute approximate surface area is 91.9 Å². The monoisotopic (exact) mass is 202 g/mol. The summed E-state index contributed by atoms with van der Waals surface area (Å²) in [5.41, 5.74) is 2.06. The predicted molar refractivity (Wildman–Crippen MR) is 64.7 cm³/mol. The van der Waals surface area contributed by atoms with E-state index >= 15 is 0 Å². The molecule has 0 aromatic rings. The number of carbonyl (C=O) groups excluding carboxylic acids is 1. The quantitative estimate of drug-likeness (QED) is 0.501. The Bertz CT molecular complexity index is 340. The van der Waals surface area contributed by atoms with Gasteiger partial charge in [0, 0.05) is 5.57 Å². The first-order valence-corrected chi connectivity index (χ1v) is 5.46. The van der Waals surface area contributed by atoms with Crippen LogP contribution in [0.2, 0.25) is 0 Å². The fourth-order valence-electron chi connectivity index (χ4n) is 1.50. The minimum atomic E-state index is 0.168. The molecule has 0 spiro atoms. The molecule has 0 radical (unpaired) electrons. The summed E-state index contributed by atoms with van der Waals surface area (Å²) in [6.45, 7) is 4.11. The van der Waals surface area contributed by atoms with E-state index in [0.29, 0.717) is 0 Å². The molecule has 15 heavy (non-hydrogen) atoms. The molecule has 1 heteroatoms. The van der Waals surface area contributed by atoms with E-state index in [4.69, 9.17) is 0 Å². The van der Waals surface area contributed by atoms with Crippen LogP contribution in [-0.2, 0) is 4.79 Å². The molecule has 0 amide bonds. The van der Waals surface area contributed by atoms with Crippen molar-refractivity contribution in [1.82, 2.24) is 0 Å². The number of ketones is 1. The highest BCUT2D eigenvalue weighted by Gasteiger charge is 2.13. The lowest BCUT2D eigenvalue weighted by molar-refractivity contribution is -0.111. The maximum absolute atomic E-state index is 11.4. The zero-order valence-electron chi connectivity index (χ0n) is 9.49. The minimum Gasteiger partial charge on any atom is -0.290 e. The van der Waals surface area contributed by atoms with Crippen molar-refractivity contribution in [1.29, 1.82) is 0 Å². The number of allylic oxidation sites excluding steroid dienone is 8. The van der Waals surface area contributed by atoms with Gasteiger partial charge in [0.2, 0.25) is 0 Å². The Balaban J connectivity index is 2.39. The third kappa shape index (κ3) is 4.11. The molecule has 0 saturated carbocycles. The molecule has 0 heterocycles. The van der Waals surface area contributed by atoms with Crippen molar-refractivity contribution in [3.8, 4) is 0 Å². The summed E-state index contributed by atoms with van der Waals surface area (Å²) in [6, 6.07) is 0. The van der Waals surface area contributed by atoms with Crippen molar-refractivity contribution >= 4 is 5.78 Å². The number of hydrogen-bond acceptors (Lipinski definition) is 1. The highest BCUT2D eigenvalue weighted by molar-refractivity contribution is 6.07. The van der Waals surface area contributed by atoms with Crippen molar-refractivity contribution in [3.63, 3.8) is 0 Å². The van der Waals surface area contributed by atoms with Gasteiger partial charge >= 0.3 is 0 Å². The van der Waals surface area contributed by atoms with Crippen molar-refractivity contribution in [2.75, 3.05) is 0 Å². The number of carbonyl (C=O) groups is 1. The molecule has 0 aromatic heterocycles. The Kier molecular flexibility index (Phi) is 4.82. The van der Waals surface area contributed by atoms with Crippen molar-refractivity contribution in [2.45, 2.75) is 33.1 Å². The molecule has 0 aliphatic heterocycles. The van der Waals surface area contributed by atoms with E-state index in [1.807, 2.05) is 19.1 Å². The number of hydrogen-bond donors (Lipinski definition) is 0. The van der Waals surface area contributed by atoms with Crippen LogP contribution in [0.1, 0.15) is 33.1 Å². The van der Waals surface area contributed by atoms with E-state index in [2.05, 4.69) is 25.2 Å². The third-order valence-electron chi connectivity index (χ3n) is 2.27. The van der Waals surface area contributed by atoms with Gasteiger partial charge in [-0.2, -0.15) is 0 Å². The summed E-state index contributed by atoms with van der Waals surface area (Å²) >= 11 is 0. The van der Waals surface area contributed by atoms with Crippen LogP contribution in [-0.4, -0.2) is 5.78 Å². The topological polar surface area (TPSA) is 17.1 Å².